The maximum atomic E-state index is 4.36. The largest absolute Gasteiger partial charge is 0.334 e. The number of hydrogen-bond donors (Lipinski definition) is 1. The van der Waals surface area contributed by atoms with Crippen molar-refractivity contribution in [1.29, 1.82) is 0 Å². The molecule has 0 aliphatic rings. The van der Waals surface area contributed by atoms with Gasteiger partial charge in [0, 0.05) is 37.9 Å². The van der Waals surface area contributed by atoms with Crippen LogP contribution in [0.15, 0.2) is 12.4 Å². The molecule has 0 saturated carbocycles. The van der Waals surface area contributed by atoms with Gasteiger partial charge in [-0.25, -0.2) is 4.98 Å². The zero-order chi connectivity index (χ0) is 12.2. The molecule has 0 fully saturated rings. The molecule has 1 aromatic rings. The van der Waals surface area contributed by atoms with Gasteiger partial charge in [0.05, 0.1) is 0 Å². The van der Waals surface area contributed by atoms with Crippen LogP contribution in [0, 0.1) is 5.41 Å². The molecule has 1 aromatic heterocycles. The smallest absolute Gasteiger partial charge is 0.108 e. The second kappa shape index (κ2) is 5.48. The average molecular weight is 223 g/mol. The Labute approximate surface area is 99.3 Å². The van der Waals surface area contributed by atoms with Gasteiger partial charge < -0.3 is 9.88 Å². The van der Waals surface area contributed by atoms with Crippen molar-refractivity contribution in [1.82, 2.24) is 14.9 Å². The molecule has 1 rings (SSSR count). The molecule has 0 radical (unpaired) electrons. The monoisotopic (exact) mass is 223 g/mol. The summed E-state index contributed by atoms with van der Waals surface area (Å²) in [6, 6.07) is 0.549. The molecular formula is C13H25N3. The van der Waals surface area contributed by atoms with Crippen molar-refractivity contribution in [3.8, 4) is 0 Å². The second-order valence-electron chi connectivity index (χ2n) is 5.52. The van der Waals surface area contributed by atoms with E-state index in [9.17, 15) is 0 Å². The minimum absolute atomic E-state index is 0.259. The first-order valence-electron chi connectivity index (χ1n) is 6.18. The number of nitrogens with zero attached hydrogens (tertiary/aromatic N) is 2. The quantitative estimate of drug-likeness (QED) is 0.803. The molecule has 0 spiro atoms. The van der Waals surface area contributed by atoms with E-state index in [0.717, 1.165) is 19.5 Å². The van der Waals surface area contributed by atoms with Gasteiger partial charge >= 0.3 is 0 Å². The number of hydrogen-bond acceptors (Lipinski definition) is 2. The molecule has 0 atom stereocenters. The van der Waals surface area contributed by atoms with Gasteiger partial charge in [0.15, 0.2) is 0 Å². The van der Waals surface area contributed by atoms with E-state index in [2.05, 4.69) is 55.7 Å². The second-order valence-corrected chi connectivity index (χ2v) is 5.52. The van der Waals surface area contributed by atoms with Gasteiger partial charge in [0.2, 0.25) is 0 Å². The highest BCUT2D eigenvalue weighted by Gasteiger charge is 2.19. The molecule has 0 amide bonds. The van der Waals surface area contributed by atoms with Crippen LogP contribution in [0.2, 0.25) is 0 Å². The van der Waals surface area contributed by atoms with E-state index in [0.29, 0.717) is 6.04 Å². The third kappa shape index (κ3) is 3.97. The third-order valence-corrected chi connectivity index (χ3v) is 2.71. The van der Waals surface area contributed by atoms with Crippen LogP contribution in [0.5, 0.6) is 0 Å². The van der Waals surface area contributed by atoms with Gasteiger partial charge in [-0.1, -0.05) is 34.6 Å². The normalized spacial score (nSPS) is 12.4. The van der Waals surface area contributed by atoms with Crippen LogP contribution < -0.4 is 5.32 Å². The fourth-order valence-electron chi connectivity index (χ4n) is 1.80. The van der Waals surface area contributed by atoms with E-state index in [-0.39, 0.29) is 5.41 Å². The molecule has 92 valence electrons. The summed E-state index contributed by atoms with van der Waals surface area (Å²) in [6.45, 7) is 13.2. The Kier molecular flexibility index (Phi) is 4.54. The molecule has 16 heavy (non-hydrogen) atoms. The van der Waals surface area contributed by atoms with Gasteiger partial charge in [-0.3, -0.25) is 0 Å². The summed E-state index contributed by atoms with van der Waals surface area (Å²) < 4.78 is 2.27. The predicted octanol–water partition coefficient (Wildman–Crippen LogP) is 2.47. The van der Waals surface area contributed by atoms with Crippen LogP contribution in [0.1, 0.15) is 40.4 Å². The first-order valence-corrected chi connectivity index (χ1v) is 6.18. The summed E-state index contributed by atoms with van der Waals surface area (Å²) in [4.78, 5) is 4.36. The molecule has 0 aliphatic carbocycles. The van der Waals surface area contributed by atoms with E-state index in [1.165, 1.54) is 5.82 Å². The average Bonchev–Trinajstić information content (AvgIpc) is 2.61. The lowest BCUT2D eigenvalue weighted by Crippen LogP contribution is -2.36. The first-order chi connectivity index (χ1) is 7.44. The van der Waals surface area contributed by atoms with Gasteiger partial charge in [0.25, 0.3) is 0 Å². The Balaban J connectivity index is 2.57. The Morgan fingerprint density at radius 2 is 2.12 bits per heavy atom. The molecule has 0 unspecified atom stereocenters. The number of rotatable bonds is 6. The third-order valence-electron chi connectivity index (χ3n) is 2.71. The topological polar surface area (TPSA) is 29.9 Å². The number of aryl methyl sites for hydroxylation is 1. The minimum atomic E-state index is 0.259. The highest BCUT2D eigenvalue weighted by Crippen LogP contribution is 2.18. The highest BCUT2D eigenvalue weighted by atomic mass is 15.1. The van der Waals surface area contributed by atoms with Crippen molar-refractivity contribution in [2.45, 2.75) is 53.6 Å². The first kappa shape index (κ1) is 13.2. The SMILES string of the molecule is CCc1nccn1CC(C)(C)CNC(C)C. The summed E-state index contributed by atoms with van der Waals surface area (Å²) in [6.07, 6.45) is 4.97. The number of nitrogens with one attached hydrogen (secondary N) is 1. The number of imidazole rings is 1. The van der Waals surface area contributed by atoms with Crippen molar-refractivity contribution >= 4 is 0 Å². The molecular weight excluding hydrogens is 198 g/mol. The molecule has 0 aromatic carbocycles. The van der Waals surface area contributed by atoms with Crippen molar-refractivity contribution in [3.63, 3.8) is 0 Å². The molecule has 0 saturated heterocycles. The van der Waals surface area contributed by atoms with Crippen LogP contribution in [-0.2, 0) is 13.0 Å². The van der Waals surface area contributed by atoms with Crippen molar-refractivity contribution in [2.75, 3.05) is 6.54 Å². The standard InChI is InChI=1S/C13H25N3/c1-6-12-14-7-8-16(12)10-13(4,5)9-15-11(2)3/h7-8,11,15H,6,9-10H2,1-5H3. The van der Waals surface area contributed by atoms with Crippen molar-refractivity contribution in [2.24, 2.45) is 5.41 Å². The lowest BCUT2D eigenvalue weighted by atomic mass is 9.93. The maximum Gasteiger partial charge on any atom is 0.108 e. The van der Waals surface area contributed by atoms with E-state index >= 15 is 0 Å². The van der Waals surface area contributed by atoms with Crippen LogP contribution in [0.3, 0.4) is 0 Å². The zero-order valence-electron chi connectivity index (χ0n) is 11.2. The van der Waals surface area contributed by atoms with Gasteiger partial charge in [-0.15, -0.1) is 0 Å². The Hall–Kier alpha value is -0.830. The van der Waals surface area contributed by atoms with Gasteiger partial charge in [-0.05, 0) is 5.41 Å². The minimum Gasteiger partial charge on any atom is -0.334 e. The zero-order valence-corrected chi connectivity index (χ0v) is 11.2. The Bertz CT molecular complexity index is 313. The molecule has 1 N–H and O–H groups in total. The maximum absolute atomic E-state index is 4.36. The van der Waals surface area contributed by atoms with E-state index < -0.39 is 0 Å². The predicted molar refractivity (Wildman–Crippen MR) is 68.5 cm³/mol. The van der Waals surface area contributed by atoms with Gasteiger partial charge in [-0.2, -0.15) is 0 Å². The van der Waals surface area contributed by atoms with Crippen LogP contribution in [0.4, 0.5) is 0 Å². The summed E-state index contributed by atoms with van der Waals surface area (Å²) >= 11 is 0. The summed E-state index contributed by atoms with van der Waals surface area (Å²) in [5.41, 5.74) is 0.259. The summed E-state index contributed by atoms with van der Waals surface area (Å²) in [7, 11) is 0. The summed E-state index contributed by atoms with van der Waals surface area (Å²) in [5.74, 6) is 1.18. The molecule has 3 nitrogen and oxygen atoms in total. The van der Waals surface area contributed by atoms with E-state index in [1.807, 2.05) is 6.20 Å². The lowest BCUT2D eigenvalue weighted by molar-refractivity contribution is 0.277. The summed E-state index contributed by atoms with van der Waals surface area (Å²) in [5, 5.41) is 3.50. The molecule has 3 heteroatoms. The van der Waals surface area contributed by atoms with Gasteiger partial charge in [0.1, 0.15) is 5.82 Å². The lowest BCUT2D eigenvalue weighted by Gasteiger charge is -2.27. The Morgan fingerprint density at radius 1 is 1.44 bits per heavy atom. The fourth-order valence-corrected chi connectivity index (χ4v) is 1.80. The number of aromatic nitrogens is 2. The van der Waals surface area contributed by atoms with Crippen molar-refractivity contribution in [3.05, 3.63) is 18.2 Å². The fraction of sp³-hybridized carbons (Fsp3) is 0.769. The molecule has 0 aliphatic heterocycles. The molecule has 0 bridgehead atoms. The van der Waals surface area contributed by atoms with E-state index in [1.54, 1.807) is 0 Å². The van der Waals surface area contributed by atoms with Crippen LogP contribution in [-0.4, -0.2) is 22.1 Å². The van der Waals surface area contributed by atoms with Crippen LogP contribution >= 0.6 is 0 Å². The highest BCUT2D eigenvalue weighted by molar-refractivity contribution is 4.93. The Morgan fingerprint density at radius 3 is 2.69 bits per heavy atom. The van der Waals surface area contributed by atoms with Crippen LogP contribution in [0.25, 0.3) is 0 Å². The van der Waals surface area contributed by atoms with E-state index in [4.69, 9.17) is 0 Å². The molecule has 1 heterocycles. The van der Waals surface area contributed by atoms with Crippen molar-refractivity contribution < 1.29 is 0 Å².